The average Bonchev–Trinajstić information content (AvgIpc) is 2.61. The molecular formula is C11H15NO2S. The third-order valence-corrected chi connectivity index (χ3v) is 3.89. The summed E-state index contributed by atoms with van der Waals surface area (Å²) < 4.78 is 0. The minimum Gasteiger partial charge on any atom is -0.481 e. The fourth-order valence-corrected chi connectivity index (χ4v) is 2.52. The van der Waals surface area contributed by atoms with Crippen LogP contribution in [-0.4, -0.2) is 23.7 Å². The van der Waals surface area contributed by atoms with E-state index >= 15 is 0 Å². The van der Waals surface area contributed by atoms with Gasteiger partial charge in [-0.05, 0) is 24.3 Å². The summed E-state index contributed by atoms with van der Waals surface area (Å²) >= 11 is 1.52. The molecule has 0 spiro atoms. The van der Waals surface area contributed by atoms with Gasteiger partial charge in [0.2, 0.25) is 0 Å². The van der Waals surface area contributed by atoms with E-state index in [1.807, 2.05) is 17.5 Å². The Kier molecular flexibility index (Phi) is 3.38. The first-order valence-electron chi connectivity index (χ1n) is 5.27. The summed E-state index contributed by atoms with van der Waals surface area (Å²) in [5.41, 5.74) is 0. The van der Waals surface area contributed by atoms with Crippen LogP contribution in [0.25, 0.3) is 0 Å². The van der Waals surface area contributed by atoms with Crippen molar-refractivity contribution < 1.29 is 9.90 Å². The molecule has 0 saturated heterocycles. The number of hydrogen-bond acceptors (Lipinski definition) is 3. The second-order valence-electron chi connectivity index (χ2n) is 3.94. The van der Waals surface area contributed by atoms with Crippen molar-refractivity contribution in [1.29, 1.82) is 0 Å². The zero-order chi connectivity index (χ0) is 10.7. The molecule has 1 aromatic rings. The molecule has 2 N–H and O–H groups in total. The lowest BCUT2D eigenvalue weighted by Gasteiger charge is -2.27. The Labute approximate surface area is 93.1 Å². The van der Waals surface area contributed by atoms with Gasteiger partial charge in [0, 0.05) is 17.5 Å². The Hall–Kier alpha value is -0.870. The summed E-state index contributed by atoms with van der Waals surface area (Å²) in [5, 5.41) is 14.4. The number of hydrogen-bond donors (Lipinski definition) is 2. The van der Waals surface area contributed by atoms with Gasteiger partial charge in [0.05, 0.1) is 0 Å². The van der Waals surface area contributed by atoms with Crippen molar-refractivity contribution >= 4 is 17.3 Å². The van der Waals surface area contributed by atoms with Crippen molar-refractivity contribution in [3.8, 4) is 0 Å². The number of carboxylic acids is 1. The molecule has 0 aliphatic heterocycles. The van der Waals surface area contributed by atoms with Crippen LogP contribution in [0.15, 0.2) is 17.5 Å². The Morgan fingerprint density at radius 3 is 2.93 bits per heavy atom. The summed E-state index contributed by atoms with van der Waals surface area (Å²) in [6.07, 6.45) is 3.65. The van der Waals surface area contributed by atoms with Crippen molar-refractivity contribution in [3.05, 3.63) is 22.4 Å². The minimum absolute atomic E-state index is 0.384. The predicted octanol–water partition coefficient (Wildman–Crippen LogP) is 2.06. The van der Waals surface area contributed by atoms with Crippen molar-refractivity contribution in [2.24, 2.45) is 0 Å². The number of nitrogens with one attached hydrogen (secondary N) is 1. The lowest BCUT2D eigenvalue weighted by molar-refractivity contribution is -0.138. The highest BCUT2D eigenvalue weighted by atomic mass is 32.1. The van der Waals surface area contributed by atoms with Crippen LogP contribution < -0.4 is 5.32 Å². The highest BCUT2D eigenvalue weighted by molar-refractivity contribution is 7.10. The Morgan fingerprint density at radius 1 is 1.67 bits per heavy atom. The lowest BCUT2D eigenvalue weighted by atomic mass is 9.92. The quantitative estimate of drug-likeness (QED) is 0.806. The molecule has 1 aliphatic carbocycles. The van der Waals surface area contributed by atoms with Crippen LogP contribution in [0.4, 0.5) is 0 Å². The molecule has 0 aromatic carbocycles. The van der Waals surface area contributed by atoms with Crippen molar-refractivity contribution in [2.45, 2.75) is 31.2 Å². The molecule has 0 bridgehead atoms. The van der Waals surface area contributed by atoms with Gasteiger partial charge in [-0.1, -0.05) is 12.5 Å². The van der Waals surface area contributed by atoms with Gasteiger partial charge in [-0.3, -0.25) is 4.79 Å². The van der Waals surface area contributed by atoms with E-state index in [4.69, 9.17) is 5.11 Å². The van der Waals surface area contributed by atoms with E-state index < -0.39 is 5.97 Å². The molecule has 1 saturated carbocycles. The first kappa shape index (κ1) is 10.6. The second kappa shape index (κ2) is 4.77. The number of aliphatic carboxylic acids is 1. The molecular weight excluding hydrogens is 210 g/mol. The fraction of sp³-hybridized carbons (Fsp3) is 0.545. The molecule has 0 amide bonds. The van der Waals surface area contributed by atoms with Gasteiger partial charge in [-0.2, -0.15) is 0 Å². The van der Waals surface area contributed by atoms with E-state index in [2.05, 4.69) is 5.32 Å². The molecule has 2 rings (SSSR count). The summed E-state index contributed by atoms with van der Waals surface area (Å²) in [4.78, 5) is 12.0. The smallest absolute Gasteiger partial charge is 0.313 e. The lowest BCUT2D eigenvalue weighted by Crippen LogP contribution is -2.39. The van der Waals surface area contributed by atoms with Crippen LogP contribution in [0.2, 0.25) is 0 Å². The minimum atomic E-state index is -0.732. The van der Waals surface area contributed by atoms with E-state index in [9.17, 15) is 4.79 Å². The van der Waals surface area contributed by atoms with Crippen molar-refractivity contribution in [2.75, 3.05) is 6.54 Å². The molecule has 1 heterocycles. The van der Waals surface area contributed by atoms with Crippen molar-refractivity contribution in [1.82, 2.24) is 5.32 Å². The molecule has 1 atom stereocenters. The molecule has 1 aliphatic rings. The normalized spacial score (nSPS) is 18.4. The highest BCUT2D eigenvalue weighted by Crippen LogP contribution is 2.23. The van der Waals surface area contributed by atoms with Gasteiger partial charge < -0.3 is 10.4 Å². The van der Waals surface area contributed by atoms with E-state index in [1.165, 1.54) is 30.6 Å². The second-order valence-corrected chi connectivity index (χ2v) is 4.92. The predicted molar refractivity (Wildman–Crippen MR) is 60.3 cm³/mol. The van der Waals surface area contributed by atoms with Gasteiger partial charge >= 0.3 is 5.97 Å². The first-order chi connectivity index (χ1) is 7.27. The third kappa shape index (κ3) is 2.58. The Balaban J connectivity index is 1.91. The van der Waals surface area contributed by atoms with Crippen LogP contribution in [0.1, 0.15) is 30.1 Å². The highest BCUT2D eigenvalue weighted by Gasteiger charge is 2.24. The molecule has 1 aromatic heterocycles. The standard InChI is InChI=1S/C11H15NO2S/c13-11(14)9(10-5-2-6-15-10)7-12-8-3-1-4-8/h2,5-6,8-9,12H,1,3-4,7H2,(H,13,14). The molecule has 15 heavy (non-hydrogen) atoms. The Bertz CT molecular complexity index is 319. The number of rotatable bonds is 5. The monoisotopic (exact) mass is 225 g/mol. The van der Waals surface area contributed by atoms with Gasteiger partial charge in [0.15, 0.2) is 0 Å². The van der Waals surface area contributed by atoms with Gasteiger partial charge in [0.1, 0.15) is 5.92 Å². The van der Waals surface area contributed by atoms with E-state index in [0.29, 0.717) is 12.6 Å². The summed E-state index contributed by atoms with van der Waals surface area (Å²) in [6, 6.07) is 4.34. The molecule has 0 radical (unpaired) electrons. The number of carbonyl (C=O) groups is 1. The van der Waals surface area contributed by atoms with Gasteiger partial charge in [0.25, 0.3) is 0 Å². The summed E-state index contributed by atoms with van der Waals surface area (Å²) in [5.74, 6) is -1.12. The van der Waals surface area contributed by atoms with Crippen LogP contribution in [0.5, 0.6) is 0 Å². The third-order valence-electron chi connectivity index (χ3n) is 2.90. The zero-order valence-corrected chi connectivity index (χ0v) is 9.30. The molecule has 3 nitrogen and oxygen atoms in total. The maximum absolute atomic E-state index is 11.1. The maximum atomic E-state index is 11.1. The van der Waals surface area contributed by atoms with E-state index in [0.717, 1.165) is 4.88 Å². The number of carboxylic acid groups (broad SMARTS) is 1. The van der Waals surface area contributed by atoms with Crippen LogP contribution in [0.3, 0.4) is 0 Å². The fourth-order valence-electron chi connectivity index (χ4n) is 1.70. The van der Waals surface area contributed by atoms with Gasteiger partial charge in [-0.15, -0.1) is 11.3 Å². The molecule has 1 unspecified atom stereocenters. The molecule has 82 valence electrons. The largest absolute Gasteiger partial charge is 0.481 e. The topological polar surface area (TPSA) is 49.3 Å². The van der Waals surface area contributed by atoms with Crippen LogP contribution >= 0.6 is 11.3 Å². The number of thiophene rings is 1. The maximum Gasteiger partial charge on any atom is 0.313 e. The summed E-state index contributed by atoms with van der Waals surface area (Å²) in [7, 11) is 0. The first-order valence-corrected chi connectivity index (χ1v) is 6.15. The van der Waals surface area contributed by atoms with E-state index in [1.54, 1.807) is 0 Å². The molecule has 4 heteroatoms. The van der Waals surface area contributed by atoms with Crippen LogP contribution in [-0.2, 0) is 4.79 Å². The molecule has 1 fully saturated rings. The summed E-state index contributed by atoms with van der Waals surface area (Å²) in [6.45, 7) is 0.556. The van der Waals surface area contributed by atoms with E-state index in [-0.39, 0.29) is 5.92 Å². The van der Waals surface area contributed by atoms with Gasteiger partial charge in [-0.25, -0.2) is 0 Å². The SMILES string of the molecule is O=C(O)C(CNC1CCC1)c1cccs1. The Morgan fingerprint density at radius 2 is 2.47 bits per heavy atom. The zero-order valence-electron chi connectivity index (χ0n) is 8.48. The van der Waals surface area contributed by atoms with Crippen LogP contribution in [0, 0.1) is 0 Å². The van der Waals surface area contributed by atoms with Crippen molar-refractivity contribution in [3.63, 3.8) is 0 Å². The average molecular weight is 225 g/mol.